The number of aromatic nitrogens is 3. The summed E-state index contributed by atoms with van der Waals surface area (Å²) < 4.78 is 0. The predicted molar refractivity (Wildman–Crippen MR) is 65.3 cm³/mol. The van der Waals surface area contributed by atoms with Gasteiger partial charge in [-0.05, 0) is 11.6 Å². The van der Waals surface area contributed by atoms with E-state index in [1.807, 2.05) is 18.5 Å². The zero-order valence-electron chi connectivity index (χ0n) is 8.89. The van der Waals surface area contributed by atoms with Gasteiger partial charge in [-0.25, -0.2) is 4.98 Å². The first-order valence-electron chi connectivity index (χ1n) is 5.17. The van der Waals surface area contributed by atoms with Gasteiger partial charge in [-0.15, -0.1) is 0 Å². The quantitative estimate of drug-likeness (QED) is 0.590. The molecule has 2 rings (SSSR count). The Morgan fingerprint density at radius 3 is 3.12 bits per heavy atom. The zero-order chi connectivity index (χ0) is 11.1. The van der Waals surface area contributed by atoms with E-state index in [-0.39, 0.29) is 0 Å². The molecule has 0 aliphatic rings. The molecule has 0 aliphatic heterocycles. The third-order valence-corrected chi connectivity index (χ3v) is 2.95. The minimum absolute atomic E-state index is 0.868. The van der Waals surface area contributed by atoms with Crippen LogP contribution in [-0.2, 0) is 6.54 Å². The van der Waals surface area contributed by atoms with E-state index in [9.17, 15) is 0 Å². The van der Waals surface area contributed by atoms with Crippen molar-refractivity contribution in [2.75, 3.05) is 12.3 Å². The Kier molecular flexibility index (Phi) is 4.39. The fourth-order valence-electron chi connectivity index (χ4n) is 1.29. The van der Waals surface area contributed by atoms with Crippen molar-refractivity contribution in [2.24, 2.45) is 0 Å². The molecule has 0 bridgehead atoms. The third kappa shape index (κ3) is 3.67. The molecular weight excluding hydrogens is 220 g/mol. The lowest BCUT2D eigenvalue weighted by Crippen LogP contribution is -2.16. The highest BCUT2D eigenvalue weighted by molar-refractivity contribution is 7.99. The summed E-state index contributed by atoms with van der Waals surface area (Å²) in [7, 11) is 0. The maximum absolute atomic E-state index is 4.14. The van der Waals surface area contributed by atoms with E-state index in [1.54, 1.807) is 24.2 Å². The van der Waals surface area contributed by atoms with Gasteiger partial charge in [0.05, 0.1) is 0 Å². The number of H-pyrrole nitrogens is 1. The molecule has 0 aliphatic carbocycles. The van der Waals surface area contributed by atoms with Gasteiger partial charge in [-0.1, -0.05) is 17.8 Å². The molecule has 2 N–H and O–H groups in total. The van der Waals surface area contributed by atoms with Crippen molar-refractivity contribution in [1.82, 2.24) is 20.3 Å². The summed E-state index contributed by atoms with van der Waals surface area (Å²) in [6.45, 7) is 1.83. The van der Waals surface area contributed by atoms with E-state index in [0.29, 0.717) is 0 Å². The summed E-state index contributed by atoms with van der Waals surface area (Å²) in [6, 6.07) is 4.02. The van der Waals surface area contributed by atoms with Crippen molar-refractivity contribution in [3.8, 4) is 0 Å². The van der Waals surface area contributed by atoms with E-state index in [1.165, 1.54) is 5.56 Å². The van der Waals surface area contributed by atoms with E-state index < -0.39 is 0 Å². The van der Waals surface area contributed by atoms with Crippen molar-refractivity contribution in [2.45, 2.75) is 11.7 Å². The highest BCUT2D eigenvalue weighted by atomic mass is 32.2. The summed E-state index contributed by atoms with van der Waals surface area (Å²) in [6.07, 6.45) is 7.28. The fraction of sp³-hybridized carbons (Fsp3) is 0.273. The average Bonchev–Trinajstić information content (AvgIpc) is 2.83. The Bertz CT molecular complexity index is 388. The van der Waals surface area contributed by atoms with Crippen LogP contribution in [0, 0.1) is 0 Å². The van der Waals surface area contributed by atoms with Gasteiger partial charge < -0.3 is 10.3 Å². The van der Waals surface area contributed by atoms with E-state index >= 15 is 0 Å². The Balaban J connectivity index is 1.59. The van der Waals surface area contributed by atoms with Crippen molar-refractivity contribution < 1.29 is 0 Å². The second kappa shape index (κ2) is 6.30. The lowest BCUT2D eigenvalue weighted by molar-refractivity contribution is 0.729. The highest BCUT2D eigenvalue weighted by Gasteiger charge is 1.95. The molecule has 0 fully saturated rings. The van der Waals surface area contributed by atoms with Crippen molar-refractivity contribution in [3.63, 3.8) is 0 Å². The smallest absolute Gasteiger partial charge is 0.165 e. The van der Waals surface area contributed by atoms with Gasteiger partial charge in [0.15, 0.2) is 5.16 Å². The SMILES string of the molecule is c1cncc(CNCCSc2ncc[nH]2)c1. The lowest BCUT2D eigenvalue weighted by atomic mass is 10.3. The fourth-order valence-corrected chi connectivity index (χ4v) is 2.01. The molecule has 0 saturated carbocycles. The number of aromatic amines is 1. The monoisotopic (exact) mass is 234 g/mol. The second-order valence-corrected chi connectivity index (χ2v) is 4.36. The minimum Gasteiger partial charge on any atom is -0.340 e. The molecule has 84 valence electrons. The molecule has 0 spiro atoms. The molecule has 5 heteroatoms. The molecule has 0 atom stereocenters. The number of thioether (sulfide) groups is 1. The zero-order valence-corrected chi connectivity index (χ0v) is 9.70. The first-order valence-corrected chi connectivity index (χ1v) is 6.15. The Hall–Kier alpha value is -1.33. The molecule has 0 saturated heterocycles. The molecule has 0 aromatic carbocycles. The van der Waals surface area contributed by atoms with Crippen LogP contribution in [0.5, 0.6) is 0 Å². The van der Waals surface area contributed by atoms with Crippen molar-refractivity contribution >= 4 is 11.8 Å². The summed E-state index contributed by atoms with van der Waals surface area (Å²) in [4.78, 5) is 11.3. The van der Waals surface area contributed by atoms with Gasteiger partial charge >= 0.3 is 0 Å². The van der Waals surface area contributed by atoms with E-state index in [4.69, 9.17) is 0 Å². The molecule has 0 unspecified atom stereocenters. The predicted octanol–water partition coefficient (Wildman–Crippen LogP) is 1.69. The Morgan fingerprint density at radius 2 is 2.38 bits per heavy atom. The van der Waals surface area contributed by atoms with Gasteiger partial charge in [-0.3, -0.25) is 4.98 Å². The highest BCUT2D eigenvalue weighted by Crippen LogP contribution is 2.09. The van der Waals surface area contributed by atoms with Crippen LogP contribution in [0.1, 0.15) is 5.56 Å². The van der Waals surface area contributed by atoms with Gasteiger partial charge in [0, 0.05) is 43.6 Å². The number of nitrogens with zero attached hydrogens (tertiary/aromatic N) is 2. The molecule has 0 amide bonds. The number of hydrogen-bond donors (Lipinski definition) is 2. The Morgan fingerprint density at radius 1 is 1.38 bits per heavy atom. The van der Waals surface area contributed by atoms with Gasteiger partial charge in [0.2, 0.25) is 0 Å². The molecule has 2 aromatic heterocycles. The number of imidazole rings is 1. The molecular formula is C11H14N4S. The maximum Gasteiger partial charge on any atom is 0.165 e. The number of hydrogen-bond acceptors (Lipinski definition) is 4. The standard InChI is InChI=1S/C11H14N4S/c1-2-10(8-12-3-1)9-13-6-7-16-11-14-4-5-15-11/h1-5,8,13H,6-7,9H2,(H,14,15). The van der Waals surface area contributed by atoms with Crippen LogP contribution in [-0.4, -0.2) is 27.2 Å². The maximum atomic E-state index is 4.14. The molecule has 2 aromatic rings. The molecule has 16 heavy (non-hydrogen) atoms. The summed E-state index contributed by atoms with van der Waals surface area (Å²) in [5.74, 6) is 1.01. The molecule has 4 nitrogen and oxygen atoms in total. The summed E-state index contributed by atoms with van der Waals surface area (Å²) >= 11 is 1.72. The molecule has 2 heterocycles. The van der Waals surface area contributed by atoms with Crippen LogP contribution in [0.4, 0.5) is 0 Å². The van der Waals surface area contributed by atoms with Crippen LogP contribution in [0.25, 0.3) is 0 Å². The van der Waals surface area contributed by atoms with Gasteiger partial charge in [-0.2, -0.15) is 0 Å². The number of pyridine rings is 1. The minimum atomic E-state index is 0.868. The van der Waals surface area contributed by atoms with E-state index in [2.05, 4.69) is 26.3 Å². The van der Waals surface area contributed by atoms with Gasteiger partial charge in [0.25, 0.3) is 0 Å². The topological polar surface area (TPSA) is 53.6 Å². The summed E-state index contributed by atoms with van der Waals surface area (Å²) in [5.41, 5.74) is 1.21. The second-order valence-electron chi connectivity index (χ2n) is 3.28. The van der Waals surface area contributed by atoms with Crippen LogP contribution < -0.4 is 5.32 Å². The van der Waals surface area contributed by atoms with Crippen LogP contribution >= 0.6 is 11.8 Å². The summed E-state index contributed by atoms with van der Waals surface area (Å²) in [5, 5.41) is 4.34. The normalized spacial score (nSPS) is 10.5. The van der Waals surface area contributed by atoms with Crippen LogP contribution in [0.15, 0.2) is 42.1 Å². The lowest BCUT2D eigenvalue weighted by Gasteiger charge is -2.03. The van der Waals surface area contributed by atoms with Gasteiger partial charge in [0.1, 0.15) is 0 Å². The third-order valence-electron chi connectivity index (χ3n) is 2.04. The molecule has 0 radical (unpaired) electrons. The van der Waals surface area contributed by atoms with Crippen LogP contribution in [0.2, 0.25) is 0 Å². The number of rotatable bonds is 6. The first kappa shape index (κ1) is 11.2. The first-order chi connectivity index (χ1) is 7.95. The van der Waals surface area contributed by atoms with Crippen molar-refractivity contribution in [1.29, 1.82) is 0 Å². The Labute approximate surface area is 98.9 Å². The average molecular weight is 234 g/mol. The van der Waals surface area contributed by atoms with Crippen molar-refractivity contribution in [3.05, 3.63) is 42.5 Å². The number of nitrogens with one attached hydrogen (secondary N) is 2. The van der Waals surface area contributed by atoms with Crippen LogP contribution in [0.3, 0.4) is 0 Å². The largest absolute Gasteiger partial charge is 0.340 e. The van der Waals surface area contributed by atoms with E-state index in [0.717, 1.165) is 24.0 Å².